The lowest BCUT2D eigenvalue weighted by atomic mass is 10.0. The molecule has 4 heteroatoms. The fourth-order valence-electron chi connectivity index (χ4n) is 4.78. The van der Waals surface area contributed by atoms with Gasteiger partial charge in [0.25, 0.3) is 0 Å². The van der Waals surface area contributed by atoms with Crippen molar-refractivity contribution in [1.82, 2.24) is 0 Å². The van der Waals surface area contributed by atoms with Gasteiger partial charge in [0.15, 0.2) is 0 Å². The summed E-state index contributed by atoms with van der Waals surface area (Å²) >= 11 is 7.54. The monoisotopic (exact) mass is 452 g/mol. The molecular weight excluding hydrogens is 441 g/mol. The van der Waals surface area contributed by atoms with Crippen LogP contribution < -0.4 is 0 Å². The summed E-state index contributed by atoms with van der Waals surface area (Å²) in [5.74, 6) is 0. The van der Waals surface area contributed by atoms with E-state index in [-0.39, 0.29) is 0 Å². The lowest BCUT2D eigenvalue weighted by Gasteiger charge is -2.02. The van der Waals surface area contributed by atoms with Crippen molar-refractivity contribution >= 4 is 117 Å². The molecule has 0 saturated heterocycles. The molecule has 0 unspecified atom stereocenters. The van der Waals surface area contributed by atoms with Gasteiger partial charge in [0.2, 0.25) is 0 Å². The first-order valence-electron chi connectivity index (χ1n) is 9.82. The van der Waals surface area contributed by atoms with Crippen molar-refractivity contribution in [3.05, 3.63) is 71.4 Å². The number of fused-ring (bicyclic) bond motifs is 11. The van der Waals surface area contributed by atoms with Gasteiger partial charge in [0.1, 0.15) is 0 Å². The number of benzene rings is 4. The molecule has 0 atom stereocenters. The Balaban J connectivity index is 1.53. The van der Waals surface area contributed by atoms with Crippen molar-refractivity contribution in [2.75, 3.05) is 0 Å². The van der Waals surface area contributed by atoms with E-state index < -0.39 is 0 Å². The van der Waals surface area contributed by atoms with Gasteiger partial charge in [-0.25, -0.2) is 0 Å². The Labute approximate surface area is 187 Å². The zero-order valence-electron chi connectivity index (χ0n) is 15.6. The Morgan fingerprint density at radius 2 is 0.833 bits per heavy atom. The zero-order valence-corrected chi connectivity index (χ0v) is 18.8. The molecule has 4 heterocycles. The van der Waals surface area contributed by atoms with Crippen LogP contribution >= 0.6 is 45.3 Å². The third-order valence-electron chi connectivity index (χ3n) is 6.22. The largest absolute Gasteiger partial charge is 0.144 e. The minimum Gasteiger partial charge on any atom is -0.144 e. The topological polar surface area (TPSA) is 0 Å². The Kier molecular flexibility index (Phi) is 3.03. The summed E-state index contributed by atoms with van der Waals surface area (Å²) in [4.78, 5) is 0. The first kappa shape index (κ1) is 16.2. The second-order valence-corrected chi connectivity index (χ2v) is 11.8. The minimum atomic E-state index is 1.36. The molecule has 0 aliphatic carbocycles. The molecule has 0 saturated carbocycles. The molecule has 4 aromatic heterocycles. The van der Waals surface area contributed by atoms with Crippen molar-refractivity contribution in [2.45, 2.75) is 0 Å². The van der Waals surface area contributed by atoms with E-state index in [1.54, 1.807) is 0 Å². The van der Waals surface area contributed by atoms with E-state index in [2.05, 4.69) is 71.4 Å². The number of thiophene rings is 4. The third-order valence-corrected chi connectivity index (χ3v) is 10.4. The fraction of sp³-hybridized carbons (Fsp3) is 0. The minimum absolute atomic E-state index is 1.36. The molecule has 0 nitrogen and oxygen atoms in total. The molecule has 0 fully saturated rings. The van der Waals surface area contributed by atoms with Crippen LogP contribution in [0.15, 0.2) is 71.4 Å². The van der Waals surface area contributed by atoms with Crippen LogP contribution in [0.1, 0.15) is 0 Å². The molecule has 0 radical (unpaired) electrons. The maximum absolute atomic E-state index is 2.38. The highest BCUT2D eigenvalue weighted by Gasteiger charge is 2.14. The Morgan fingerprint density at radius 3 is 1.30 bits per heavy atom. The van der Waals surface area contributed by atoms with Gasteiger partial charge in [-0.3, -0.25) is 0 Å². The molecule has 0 spiro atoms. The van der Waals surface area contributed by atoms with Crippen LogP contribution in [0.2, 0.25) is 0 Å². The average Bonchev–Trinajstić information content (AvgIpc) is 3.53. The van der Waals surface area contributed by atoms with Crippen LogP contribution in [0.4, 0.5) is 0 Å². The molecule has 0 N–H and O–H groups in total. The first-order chi connectivity index (χ1) is 14.8. The highest BCUT2D eigenvalue weighted by Crippen LogP contribution is 2.45. The lowest BCUT2D eigenvalue weighted by molar-refractivity contribution is 1.95. The van der Waals surface area contributed by atoms with Crippen LogP contribution in [0.25, 0.3) is 71.3 Å². The highest BCUT2D eigenvalue weighted by atomic mass is 32.1. The SMILES string of the molecule is c1cc2cc3sc4c(ccc5c4ccc4c6cc7sccc7cc6sc45)c3cc2s1. The van der Waals surface area contributed by atoms with Crippen molar-refractivity contribution in [3.8, 4) is 0 Å². The van der Waals surface area contributed by atoms with Gasteiger partial charge in [-0.2, -0.15) is 0 Å². The molecule has 140 valence electrons. The van der Waals surface area contributed by atoms with E-state index >= 15 is 0 Å². The van der Waals surface area contributed by atoms with E-state index in [0.717, 1.165) is 0 Å². The summed E-state index contributed by atoms with van der Waals surface area (Å²) < 4.78 is 8.37. The number of hydrogen-bond donors (Lipinski definition) is 0. The van der Waals surface area contributed by atoms with Crippen molar-refractivity contribution < 1.29 is 0 Å². The normalized spacial score (nSPS) is 12.7. The van der Waals surface area contributed by atoms with E-state index in [0.29, 0.717) is 0 Å². The maximum Gasteiger partial charge on any atom is 0.0434 e. The Hall–Kier alpha value is -2.50. The number of rotatable bonds is 0. The van der Waals surface area contributed by atoms with E-state index in [1.807, 2.05) is 45.3 Å². The summed E-state index contributed by atoms with van der Waals surface area (Å²) in [6.07, 6.45) is 0. The van der Waals surface area contributed by atoms with Gasteiger partial charge < -0.3 is 0 Å². The quantitative estimate of drug-likeness (QED) is 0.215. The van der Waals surface area contributed by atoms with Crippen LogP contribution in [-0.4, -0.2) is 0 Å². The van der Waals surface area contributed by atoms with Gasteiger partial charge in [0, 0.05) is 60.5 Å². The van der Waals surface area contributed by atoms with Crippen LogP contribution in [0.3, 0.4) is 0 Å². The fourth-order valence-corrected chi connectivity index (χ4v) is 8.92. The molecule has 30 heavy (non-hydrogen) atoms. The second kappa shape index (κ2) is 5.59. The van der Waals surface area contributed by atoms with Gasteiger partial charge in [-0.05, 0) is 57.9 Å². The van der Waals surface area contributed by atoms with Gasteiger partial charge in [-0.1, -0.05) is 24.3 Å². The molecule has 0 amide bonds. The average molecular weight is 453 g/mol. The zero-order chi connectivity index (χ0) is 19.4. The smallest absolute Gasteiger partial charge is 0.0434 e. The molecular formula is C26H12S4. The summed E-state index contributed by atoms with van der Waals surface area (Å²) in [6, 6.07) is 23.3. The molecule has 0 aliphatic rings. The standard InChI is InChI=1S/C26H12S4/c1-3-17-19-11-21-13(5-7-27-21)9-23(19)30-26(17)16-2-4-18-20-12-22-14(6-8-28-22)10-24(20)29-25(18)15(1)16/h1-12H. The highest BCUT2D eigenvalue weighted by molar-refractivity contribution is 7.28. The van der Waals surface area contributed by atoms with Crippen LogP contribution in [0.5, 0.6) is 0 Å². The lowest BCUT2D eigenvalue weighted by Crippen LogP contribution is -1.74. The maximum atomic E-state index is 2.38. The molecule has 8 aromatic rings. The van der Waals surface area contributed by atoms with E-state index in [4.69, 9.17) is 0 Å². The Morgan fingerprint density at radius 1 is 0.400 bits per heavy atom. The van der Waals surface area contributed by atoms with Gasteiger partial charge in [-0.15, -0.1) is 45.3 Å². The van der Waals surface area contributed by atoms with Crippen LogP contribution in [-0.2, 0) is 0 Å². The Bertz CT molecular complexity index is 1810. The van der Waals surface area contributed by atoms with E-state index in [9.17, 15) is 0 Å². The summed E-state index contributed by atoms with van der Waals surface area (Å²) in [7, 11) is 0. The van der Waals surface area contributed by atoms with Gasteiger partial charge in [0.05, 0.1) is 0 Å². The predicted molar refractivity (Wildman–Crippen MR) is 140 cm³/mol. The summed E-state index contributed by atoms with van der Waals surface area (Å²) in [5.41, 5.74) is 0. The van der Waals surface area contributed by atoms with Gasteiger partial charge >= 0.3 is 0 Å². The van der Waals surface area contributed by atoms with Crippen LogP contribution in [0, 0.1) is 0 Å². The first-order valence-corrected chi connectivity index (χ1v) is 13.2. The number of hydrogen-bond acceptors (Lipinski definition) is 4. The molecule has 0 bridgehead atoms. The third kappa shape index (κ3) is 2.00. The van der Waals surface area contributed by atoms with Crippen molar-refractivity contribution in [2.24, 2.45) is 0 Å². The van der Waals surface area contributed by atoms with Crippen molar-refractivity contribution in [3.63, 3.8) is 0 Å². The molecule has 0 aliphatic heterocycles. The predicted octanol–water partition coefficient (Wildman–Crippen LogP) is 10.0. The second-order valence-electron chi connectivity index (χ2n) is 7.80. The molecule has 8 rings (SSSR count). The summed E-state index contributed by atoms with van der Waals surface area (Å²) in [6.45, 7) is 0. The van der Waals surface area contributed by atoms with E-state index in [1.165, 1.54) is 71.3 Å². The van der Waals surface area contributed by atoms with Crippen molar-refractivity contribution in [1.29, 1.82) is 0 Å². The summed E-state index contributed by atoms with van der Waals surface area (Å²) in [5, 5.41) is 15.4. The molecule has 4 aromatic carbocycles.